The fourth-order valence-electron chi connectivity index (χ4n) is 5.42. The van der Waals surface area contributed by atoms with Crippen LogP contribution in [0.3, 0.4) is 0 Å². The number of aromatic hydroxyl groups is 1. The predicted molar refractivity (Wildman–Crippen MR) is 138 cm³/mol. The van der Waals surface area contributed by atoms with E-state index in [0.29, 0.717) is 24.7 Å². The summed E-state index contributed by atoms with van der Waals surface area (Å²) in [5.41, 5.74) is 9.35. The molecule has 2 saturated heterocycles. The number of hydrazine groups is 1. The summed E-state index contributed by atoms with van der Waals surface area (Å²) in [4.78, 5) is 15.5. The van der Waals surface area contributed by atoms with Crippen LogP contribution in [0.25, 0.3) is 0 Å². The molecule has 3 aromatic rings. The molecule has 7 heteroatoms. The molecule has 36 heavy (non-hydrogen) atoms. The molecule has 5 rings (SSSR count). The fourth-order valence-corrected chi connectivity index (χ4v) is 5.42. The van der Waals surface area contributed by atoms with E-state index in [1.54, 1.807) is 13.2 Å². The zero-order chi connectivity index (χ0) is 25.1. The molecule has 4 atom stereocenters. The maximum Gasteiger partial charge on any atom is 0.242 e. The lowest BCUT2D eigenvalue weighted by molar-refractivity contribution is -0.130. The van der Waals surface area contributed by atoms with Gasteiger partial charge >= 0.3 is 0 Å². The first kappa shape index (κ1) is 24.2. The van der Waals surface area contributed by atoms with E-state index < -0.39 is 0 Å². The van der Waals surface area contributed by atoms with Crippen molar-refractivity contribution in [3.63, 3.8) is 0 Å². The number of nitrogens with zero attached hydrogens (tertiary/aromatic N) is 1. The summed E-state index contributed by atoms with van der Waals surface area (Å²) in [6.45, 7) is 3.24. The fraction of sp³-hybridized carbons (Fsp3) is 0.345. The van der Waals surface area contributed by atoms with Crippen molar-refractivity contribution in [2.75, 3.05) is 13.7 Å². The van der Waals surface area contributed by atoms with Gasteiger partial charge < -0.3 is 19.5 Å². The van der Waals surface area contributed by atoms with E-state index in [-0.39, 0.29) is 35.7 Å². The summed E-state index contributed by atoms with van der Waals surface area (Å²) >= 11 is 0. The maximum atomic E-state index is 13.5. The summed E-state index contributed by atoms with van der Waals surface area (Å²) in [5, 5.41) is 10.6. The van der Waals surface area contributed by atoms with E-state index in [4.69, 9.17) is 9.47 Å². The molecular weight excluding hydrogens is 454 g/mol. The first-order valence-corrected chi connectivity index (χ1v) is 12.6. The van der Waals surface area contributed by atoms with Gasteiger partial charge in [0.25, 0.3) is 0 Å². The van der Waals surface area contributed by atoms with E-state index in [9.17, 15) is 9.90 Å². The third-order valence-electron chi connectivity index (χ3n) is 7.20. The van der Waals surface area contributed by atoms with Crippen molar-refractivity contribution in [2.45, 2.75) is 44.5 Å². The molecule has 0 spiro atoms. The first-order valence-electron chi connectivity index (χ1n) is 12.6. The van der Waals surface area contributed by atoms with Crippen molar-refractivity contribution in [1.82, 2.24) is 15.8 Å². The molecule has 2 aliphatic rings. The minimum absolute atomic E-state index is 0.0761. The molecule has 3 N–H and O–H groups in total. The number of unbranched alkanes of at least 4 members (excludes halogenated alkanes) is 1. The van der Waals surface area contributed by atoms with Crippen molar-refractivity contribution in [2.24, 2.45) is 5.92 Å². The van der Waals surface area contributed by atoms with Crippen molar-refractivity contribution in [1.29, 1.82) is 0 Å². The second kappa shape index (κ2) is 10.6. The van der Waals surface area contributed by atoms with Gasteiger partial charge in [-0.2, -0.15) is 0 Å². The highest BCUT2D eigenvalue weighted by Crippen LogP contribution is 2.49. The van der Waals surface area contributed by atoms with Gasteiger partial charge in [-0.15, -0.1) is 0 Å². The Labute approximate surface area is 212 Å². The van der Waals surface area contributed by atoms with E-state index in [1.807, 2.05) is 71.6 Å². The normalized spacial score (nSPS) is 23.1. The minimum atomic E-state index is -0.378. The van der Waals surface area contributed by atoms with Crippen LogP contribution in [0.1, 0.15) is 48.5 Å². The van der Waals surface area contributed by atoms with Gasteiger partial charge in [-0.3, -0.25) is 4.79 Å². The molecule has 2 fully saturated rings. The molecule has 188 valence electrons. The van der Waals surface area contributed by atoms with Crippen molar-refractivity contribution in [3.05, 3.63) is 89.5 Å². The second-order valence-electron chi connectivity index (χ2n) is 9.39. The van der Waals surface area contributed by atoms with Crippen molar-refractivity contribution in [3.8, 4) is 17.2 Å². The Kier molecular flexibility index (Phi) is 7.11. The molecule has 0 radical (unpaired) electrons. The Morgan fingerprint density at radius 3 is 2.44 bits per heavy atom. The number of para-hydroxylation sites is 1. The number of rotatable bonds is 9. The number of amides is 1. The van der Waals surface area contributed by atoms with Crippen LogP contribution >= 0.6 is 0 Å². The van der Waals surface area contributed by atoms with E-state index >= 15 is 0 Å². The second-order valence-corrected chi connectivity index (χ2v) is 9.39. The molecule has 1 amide bonds. The summed E-state index contributed by atoms with van der Waals surface area (Å²) in [6, 6.07) is 22.5. The first-order chi connectivity index (χ1) is 17.6. The molecule has 2 aliphatic heterocycles. The van der Waals surface area contributed by atoms with Crippen LogP contribution < -0.4 is 20.3 Å². The molecule has 0 bridgehead atoms. The van der Waals surface area contributed by atoms with Crippen LogP contribution in [-0.4, -0.2) is 35.6 Å². The summed E-state index contributed by atoms with van der Waals surface area (Å²) < 4.78 is 11.8. The largest absolute Gasteiger partial charge is 0.508 e. The van der Waals surface area contributed by atoms with Crippen LogP contribution in [0, 0.1) is 5.92 Å². The molecule has 4 unspecified atom stereocenters. The van der Waals surface area contributed by atoms with Gasteiger partial charge in [0, 0.05) is 18.0 Å². The summed E-state index contributed by atoms with van der Waals surface area (Å²) in [7, 11) is 1.63. The lowest BCUT2D eigenvalue weighted by atomic mass is 9.83. The van der Waals surface area contributed by atoms with Gasteiger partial charge in [-0.05, 0) is 35.7 Å². The number of phenolic OH excluding ortho intramolecular Hbond substituents is 1. The van der Waals surface area contributed by atoms with Crippen molar-refractivity contribution >= 4 is 5.91 Å². The zero-order valence-corrected chi connectivity index (χ0v) is 20.7. The average molecular weight is 488 g/mol. The quantitative estimate of drug-likeness (QED) is 0.412. The SMILES string of the molecule is CCCCN1C(=O)C2NNC(c3ccccc3O)C2C1c1ccc(OCc2ccccc2)c(OC)c1. The lowest BCUT2D eigenvalue weighted by Gasteiger charge is -2.32. The number of nitrogens with one attached hydrogen (secondary N) is 2. The monoisotopic (exact) mass is 487 g/mol. The predicted octanol–water partition coefficient (Wildman–Crippen LogP) is 4.50. The average Bonchev–Trinajstić information content (AvgIpc) is 3.45. The van der Waals surface area contributed by atoms with Gasteiger partial charge in [0.05, 0.1) is 19.2 Å². The molecule has 0 aliphatic carbocycles. The lowest BCUT2D eigenvalue weighted by Crippen LogP contribution is -2.41. The van der Waals surface area contributed by atoms with Crippen molar-refractivity contribution < 1.29 is 19.4 Å². The third-order valence-corrected chi connectivity index (χ3v) is 7.20. The number of carbonyl (C=O) groups is 1. The molecule has 2 heterocycles. The number of ether oxygens (including phenoxy) is 2. The number of fused-ring (bicyclic) bond motifs is 1. The number of carbonyl (C=O) groups excluding carboxylic acids is 1. The van der Waals surface area contributed by atoms with Gasteiger partial charge in [0.2, 0.25) is 5.91 Å². The number of hydrogen-bond donors (Lipinski definition) is 3. The van der Waals surface area contributed by atoms with Gasteiger partial charge in [-0.1, -0.05) is 67.9 Å². The van der Waals surface area contributed by atoms with Crippen LogP contribution in [0.4, 0.5) is 0 Å². The van der Waals surface area contributed by atoms with Crippen LogP contribution in [0.2, 0.25) is 0 Å². The molecule has 3 aromatic carbocycles. The van der Waals surface area contributed by atoms with Crippen LogP contribution in [0.5, 0.6) is 17.2 Å². The van der Waals surface area contributed by atoms with Gasteiger partial charge in [0.15, 0.2) is 11.5 Å². The number of likely N-dealkylation sites (tertiary alicyclic amines) is 1. The Balaban J connectivity index is 1.49. The highest BCUT2D eigenvalue weighted by Gasteiger charge is 2.55. The Morgan fingerprint density at radius 1 is 0.944 bits per heavy atom. The number of methoxy groups -OCH3 is 1. The Bertz CT molecular complexity index is 1200. The Hall–Kier alpha value is -3.55. The topological polar surface area (TPSA) is 83.1 Å². The van der Waals surface area contributed by atoms with Gasteiger partial charge in [0.1, 0.15) is 18.4 Å². The highest BCUT2D eigenvalue weighted by molar-refractivity contribution is 5.86. The number of hydrogen-bond acceptors (Lipinski definition) is 6. The third kappa shape index (κ3) is 4.52. The van der Waals surface area contributed by atoms with E-state index in [1.165, 1.54) is 0 Å². The maximum absolute atomic E-state index is 13.5. The molecule has 0 saturated carbocycles. The summed E-state index contributed by atoms with van der Waals surface area (Å²) in [6.07, 6.45) is 1.92. The zero-order valence-electron chi connectivity index (χ0n) is 20.7. The van der Waals surface area contributed by atoms with E-state index in [0.717, 1.165) is 29.5 Å². The van der Waals surface area contributed by atoms with E-state index in [2.05, 4.69) is 17.8 Å². The van der Waals surface area contributed by atoms with Gasteiger partial charge in [-0.25, -0.2) is 10.9 Å². The number of benzene rings is 3. The Morgan fingerprint density at radius 2 is 1.69 bits per heavy atom. The minimum Gasteiger partial charge on any atom is -0.508 e. The molecule has 0 aromatic heterocycles. The van der Waals surface area contributed by atoms with Crippen LogP contribution in [0.15, 0.2) is 72.8 Å². The van der Waals surface area contributed by atoms with Crippen LogP contribution in [-0.2, 0) is 11.4 Å². The smallest absolute Gasteiger partial charge is 0.242 e. The highest BCUT2D eigenvalue weighted by atomic mass is 16.5. The standard InChI is InChI=1S/C29H33N3O4/c1-3-4-16-32-28(25-26(30-31-27(25)29(32)34)21-12-8-9-13-22(21)33)20-14-15-23(24(17-20)35-2)36-18-19-10-6-5-7-11-19/h5-15,17,25-28,30-31,33H,3-4,16,18H2,1-2H3. The summed E-state index contributed by atoms with van der Waals surface area (Å²) in [5.74, 6) is 1.48. The number of phenols is 1. The molecule has 7 nitrogen and oxygen atoms in total. The molecular formula is C29H33N3O4.